The van der Waals surface area contributed by atoms with Crippen molar-refractivity contribution in [2.24, 2.45) is 0 Å². The van der Waals surface area contributed by atoms with E-state index >= 15 is 0 Å². The Morgan fingerprint density at radius 2 is 1.69 bits per heavy atom. The molecule has 0 bridgehead atoms. The second kappa shape index (κ2) is 8.47. The molecule has 2 aliphatic rings. The molecule has 3 aromatic rings. The van der Waals surface area contributed by atoms with Crippen molar-refractivity contribution in [1.82, 2.24) is 4.90 Å². The van der Waals surface area contributed by atoms with E-state index in [9.17, 15) is 14.0 Å². The number of nitrogens with zero attached hydrogens (tertiary/aromatic N) is 2. The molecule has 2 amide bonds. The summed E-state index contributed by atoms with van der Waals surface area (Å²) in [6, 6.07) is 16.3. The maximum atomic E-state index is 14.1. The van der Waals surface area contributed by atoms with Crippen molar-refractivity contribution in [2.75, 3.05) is 37.7 Å². The summed E-state index contributed by atoms with van der Waals surface area (Å²) < 4.78 is 31.1. The molecule has 164 valence electrons. The summed E-state index contributed by atoms with van der Waals surface area (Å²) >= 11 is 0. The first kappa shape index (κ1) is 20.3. The molecule has 0 aliphatic carbocycles. The van der Waals surface area contributed by atoms with Crippen molar-refractivity contribution >= 4 is 17.5 Å². The minimum Gasteiger partial charge on any atom is -0.476 e. The standard InChI is InChI=1S/C24H21FN2O5/c25-17-6-2-1-5-16(17)19-9-10-21(31-19)24(29)27-15-22(23(28)26-11-13-30-14-12-26)32-20-8-4-3-7-18(20)27/h1-10,22H,11-15H2. The van der Waals surface area contributed by atoms with Gasteiger partial charge in [-0.3, -0.25) is 14.5 Å². The summed E-state index contributed by atoms with van der Waals surface area (Å²) in [5.41, 5.74) is 0.821. The first-order valence-electron chi connectivity index (χ1n) is 10.4. The second-order valence-electron chi connectivity index (χ2n) is 7.57. The van der Waals surface area contributed by atoms with Crippen LogP contribution in [0.2, 0.25) is 0 Å². The summed E-state index contributed by atoms with van der Waals surface area (Å²) in [6.07, 6.45) is -0.840. The molecule has 1 fully saturated rings. The first-order chi connectivity index (χ1) is 15.6. The van der Waals surface area contributed by atoms with Crippen molar-refractivity contribution in [1.29, 1.82) is 0 Å². The molecule has 0 N–H and O–H groups in total. The number of morpholine rings is 1. The molecule has 1 atom stereocenters. The lowest BCUT2D eigenvalue weighted by Crippen LogP contribution is -2.54. The van der Waals surface area contributed by atoms with Crippen molar-refractivity contribution in [3.63, 3.8) is 0 Å². The summed E-state index contributed by atoms with van der Waals surface area (Å²) in [6.45, 7) is 1.96. The third kappa shape index (κ3) is 3.73. The zero-order valence-corrected chi connectivity index (χ0v) is 17.2. The van der Waals surface area contributed by atoms with Crippen molar-refractivity contribution in [3.05, 3.63) is 72.2 Å². The molecule has 1 aromatic heterocycles. The minimum absolute atomic E-state index is 0.0434. The number of halogens is 1. The highest BCUT2D eigenvalue weighted by atomic mass is 19.1. The number of hydrogen-bond donors (Lipinski definition) is 0. The number of carbonyl (C=O) groups is 2. The lowest BCUT2D eigenvalue weighted by Gasteiger charge is -2.37. The van der Waals surface area contributed by atoms with Crippen LogP contribution in [-0.2, 0) is 9.53 Å². The van der Waals surface area contributed by atoms with Gasteiger partial charge in [-0.2, -0.15) is 0 Å². The molecule has 7 nitrogen and oxygen atoms in total. The Bertz CT molecular complexity index is 1150. The lowest BCUT2D eigenvalue weighted by atomic mass is 10.1. The van der Waals surface area contributed by atoms with E-state index in [0.717, 1.165) is 0 Å². The summed E-state index contributed by atoms with van der Waals surface area (Å²) in [5.74, 6) is -0.296. The molecule has 8 heteroatoms. The first-order valence-corrected chi connectivity index (χ1v) is 10.4. The van der Waals surface area contributed by atoms with Gasteiger partial charge in [-0.15, -0.1) is 0 Å². The quantitative estimate of drug-likeness (QED) is 0.630. The van der Waals surface area contributed by atoms with Gasteiger partial charge in [-0.1, -0.05) is 24.3 Å². The molecule has 2 aromatic carbocycles. The van der Waals surface area contributed by atoms with Gasteiger partial charge in [0.1, 0.15) is 17.3 Å². The summed E-state index contributed by atoms with van der Waals surface area (Å²) in [7, 11) is 0. The van der Waals surface area contributed by atoms with E-state index < -0.39 is 17.8 Å². The van der Waals surface area contributed by atoms with E-state index in [2.05, 4.69) is 0 Å². The largest absolute Gasteiger partial charge is 0.476 e. The Balaban J connectivity index is 1.43. The highest BCUT2D eigenvalue weighted by Gasteiger charge is 2.37. The Labute approximate surface area is 183 Å². The highest BCUT2D eigenvalue weighted by molar-refractivity contribution is 6.06. The Hall–Kier alpha value is -3.65. The number of para-hydroxylation sites is 2. The number of amides is 2. The zero-order valence-electron chi connectivity index (χ0n) is 17.2. The minimum atomic E-state index is -0.840. The topological polar surface area (TPSA) is 72.2 Å². The fourth-order valence-electron chi connectivity index (χ4n) is 3.93. The van der Waals surface area contributed by atoms with Gasteiger partial charge >= 0.3 is 0 Å². The molecule has 5 rings (SSSR count). The van der Waals surface area contributed by atoms with Crippen LogP contribution in [-0.4, -0.2) is 55.7 Å². The van der Waals surface area contributed by atoms with E-state index in [1.807, 2.05) is 0 Å². The normalized spacial score (nSPS) is 18.1. The van der Waals surface area contributed by atoms with E-state index in [1.165, 1.54) is 17.0 Å². The Morgan fingerprint density at radius 1 is 0.938 bits per heavy atom. The van der Waals surface area contributed by atoms with Crippen LogP contribution < -0.4 is 9.64 Å². The number of furan rings is 1. The smallest absolute Gasteiger partial charge is 0.294 e. The number of hydrogen-bond acceptors (Lipinski definition) is 5. The Morgan fingerprint density at radius 3 is 2.50 bits per heavy atom. The third-order valence-electron chi connectivity index (χ3n) is 5.57. The van der Waals surface area contributed by atoms with Gasteiger partial charge in [-0.05, 0) is 36.4 Å². The van der Waals surface area contributed by atoms with Crippen LogP contribution in [0.5, 0.6) is 5.75 Å². The molecule has 0 spiro atoms. The van der Waals surface area contributed by atoms with Gasteiger partial charge in [0.15, 0.2) is 11.9 Å². The summed E-state index contributed by atoms with van der Waals surface area (Å²) in [4.78, 5) is 29.6. The molecular formula is C24H21FN2O5. The van der Waals surface area contributed by atoms with Crippen LogP contribution in [0.3, 0.4) is 0 Å². The number of benzene rings is 2. The summed E-state index contributed by atoms with van der Waals surface area (Å²) in [5, 5.41) is 0. The second-order valence-corrected chi connectivity index (χ2v) is 7.57. The van der Waals surface area contributed by atoms with Gasteiger partial charge in [0.2, 0.25) is 0 Å². The van der Waals surface area contributed by atoms with Gasteiger partial charge in [0.05, 0.1) is 31.0 Å². The predicted octanol–water partition coefficient (Wildman–Crippen LogP) is 3.35. The van der Waals surface area contributed by atoms with Crippen LogP contribution in [0.1, 0.15) is 10.6 Å². The van der Waals surface area contributed by atoms with Crippen LogP contribution >= 0.6 is 0 Å². The zero-order chi connectivity index (χ0) is 22.1. The molecule has 1 saturated heterocycles. The van der Waals surface area contributed by atoms with E-state index in [1.54, 1.807) is 53.4 Å². The van der Waals surface area contributed by atoms with Gasteiger partial charge in [-0.25, -0.2) is 4.39 Å². The van der Waals surface area contributed by atoms with Gasteiger partial charge in [0, 0.05) is 13.1 Å². The van der Waals surface area contributed by atoms with Crippen molar-refractivity contribution in [2.45, 2.75) is 6.10 Å². The van der Waals surface area contributed by atoms with Crippen LogP contribution in [0.15, 0.2) is 65.1 Å². The highest BCUT2D eigenvalue weighted by Crippen LogP contribution is 2.35. The van der Waals surface area contributed by atoms with Gasteiger partial charge in [0.25, 0.3) is 11.8 Å². The maximum absolute atomic E-state index is 14.1. The molecule has 0 radical (unpaired) electrons. The lowest BCUT2D eigenvalue weighted by molar-refractivity contribution is -0.142. The van der Waals surface area contributed by atoms with Gasteiger partial charge < -0.3 is 18.8 Å². The number of anilines is 1. The number of ether oxygens (including phenoxy) is 2. The maximum Gasteiger partial charge on any atom is 0.294 e. The fraction of sp³-hybridized carbons (Fsp3) is 0.250. The fourth-order valence-corrected chi connectivity index (χ4v) is 3.93. The van der Waals surface area contributed by atoms with Crippen LogP contribution in [0, 0.1) is 5.82 Å². The Kier molecular flexibility index (Phi) is 5.36. The average Bonchev–Trinajstić information content (AvgIpc) is 3.33. The van der Waals surface area contributed by atoms with Crippen LogP contribution in [0.25, 0.3) is 11.3 Å². The molecule has 2 aliphatic heterocycles. The van der Waals surface area contributed by atoms with Crippen LogP contribution in [0.4, 0.5) is 10.1 Å². The molecule has 32 heavy (non-hydrogen) atoms. The molecule has 3 heterocycles. The number of carbonyl (C=O) groups excluding carboxylic acids is 2. The molecule has 0 saturated carbocycles. The van der Waals surface area contributed by atoms with Crippen molar-refractivity contribution < 1.29 is 27.9 Å². The number of fused-ring (bicyclic) bond motifs is 1. The van der Waals surface area contributed by atoms with E-state index in [4.69, 9.17) is 13.9 Å². The molecular weight excluding hydrogens is 415 g/mol. The third-order valence-corrected chi connectivity index (χ3v) is 5.57. The predicted molar refractivity (Wildman–Crippen MR) is 114 cm³/mol. The number of rotatable bonds is 3. The monoisotopic (exact) mass is 436 g/mol. The van der Waals surface area contributed by atoms with E-state index in [-0.39, 0.29) is 29.5 Å². The SMILES string of the molecule is O=C(C1CN(C(=O)c2ccc(-c3ccccc3F)o2)c2ccccc2O1)N1CCOCC1. The average molecular weight is 436 g/mol. The molecule has 1 unspecified atom stereocenters. The van der Waals surface area contributed by atoms with Crippen molar-refractivity contribution in [3.8, 4) is 17.1 Å². The van der Waals surface area contributed by atoms with E-state index in [0.29, 0.717) is 37.7 Å².